The largest absolute Gasteiger partial charge is 0.332 e. The first-order valence-corrected chi connectivity index (χ1v) is 7.05. The molecule has 4 heteroatoms. The van der Waals surface area contributed by atoms with Gasteiger partial charge in [0.1, 0.15) is 0 Å². The van der Waals surface area contributed by atoms with Crippen molar-refractivity contribution < 1.29 is 4.79 Å². The third-order valence-electron chi connectivity index (χ3n) is 3.58. The van der Waals surface area contributed by atoms with E-state index in [0.29, 0.717) is 0 Å². The molecule has 0 saturated carbocycles. The molecule has 2 amide bonds. The van der Waals surface area contributed by atoms with Crippen molar-refractivity contribution in [1.82, 2.24) is 15.1 Å². The maximum atomic E-state index is 12.1. The first-order chi connectivity index (χ1) is 8.57. The van der Waals surface area contributed by atoms with Crippen LogP contribution in [0.5, 0.6) is 0 Å². The fraction of sp³-hybridized carbons (Fsp3) is 0.786. The van der Waals surface area contributed by atoms with Crippen LogP contribution >= 0.6 is 0 Å². The molecule has 0 unspecified atom stereocenters. The molecule has 102 valence electrons. The Hall–Kier alpha value is -1.03. The van der Waals surface area contributed by atoms with E-state index >= 15 is 0 Å². The summed E-state index contributed by atoms with van der Waals surface area (Å²) < 4.78 is 0. The van der Waals surface area contributed by atoms with Gasteiger partial charge in [-0.15, -0.1) is 0 Å². The van der Waals surface area contributed by atoms with Crippen LogP contribution in [0.1, 0.15) is 39.5 Å². The Morgan fingerprint density at radius 1 is 1.22 bits per heavy atom. The van der Waals surface area contributed by atoms with Gasteiger partial charge in [0.2, 0.25) is 0 Å². The minimum absolute atomic E-state index is 0.0372. The van der Waals surface area contributed by atoms with Crippen LogP contribution in [0.2, 0.25) is 0 Å². The zero-order valence-corrected chi connectivity index (χ0v) is 11.6. The Kier molecular flexibility index (Phi) is 4.27. The third kappa shape index (κ3) is 3.73. The van der Waals surface area contributed by atoms with Crippen molar-refractivity contribution in [3.63, 3.8) is 0 Å². The van der Waals surface area contributed by atoms with Gasteiger partial charge in [-0.05, 0) is 52.6 Å². The highest BCUT2D eigenvalue weighted by Gasteiger charge is 2.27. The van der Waals surface area contributed by atoms with Crippen LogP contribution in [-0.2, 0) is 0 Å². The van der Waals surface area contributed by atoms with Gasteiger partial charge in [-0.1, -0.05) is 6.08 Å². The molecule has 2 aliphatic rings. The monoisotopic (exact) mass is 251 g/mol. The summed E-state index contributed by atoms with van der Waals surface area (Å²) in [5, 5.41) is 3.15. The Bertz CT molecular complexity index is 319. The van der Waals surface area contributed by atoms with Crippen molar-refractivity contribution in [1.29, 1.82) is 0 Å². The van der Waals surface area contributed by atoms with E-state index in [1.165, 1.54) is 25.9 Å². The lowest BCUT2D eigenvalue weighted by atomic mass is 10.1. The van der Waals surface area contributed by atoms with Crippen LogP contribution in [0.25, 0.3) is 0 Å². The number of likely N-dealkylation sites (tertiary alicyclic amines) is 1. The van der Waals surface area contributed by atoms with Crippen LogP contribution in [0.4, 0.5) is 4.79 Å². The predicted molar refractivity (Wildman–Crippen MR) is 73.4 cm³/mol. The number of carbonyl (C=O) groups is 1. The first-order valence-electron chi connectivity index (χ1n) is 7.05. The quantitative estimate of drug-likeness (QED) is 0.834. The average Bonchev–Trinajstić information content (AvgIpc) is 2.81. The third-order valence-corrected chi connectivity index (χ3v) is 3.58. The number of hydrogen-bond acceptors (Lipinski definition) is 2. The smallest absolute Gasteiger partial charge is 0.321 e. The first kappa shape index (κ1) is 13.4. The number of nitrogens with zero attached hydrogens (tertiary/aromatic N) is 2. The van der Waals surface area contributed by atoms with Gasteiger partial charge < -0.3 is 15.1 Å². The Labute approximate surface area is 110 Å². The molecule has 0 atom stereocenters. The fourth-order valence-electron chi connectivity index (χ4n) is 2.73. The van der Waals surface area contributed by atoms with Gasteiger partial charge in [-0.25, -0.2) is 4.79 Å². The average molecular weight is 251 g/mol. The molecule has 2 heterocycles. The fourth-order valence-corrected chi connectivity index (χ4v) is 2.73. The predicted octanol–water partition coefficient (Wildman–Crippen LogP) is 2.18. The van der Waals surface area contributed by atoms with Gasteiger partial charge in [0.15, 0.2) is 0 Å². The zero-order valence-electron chi connectivity index (χ0n) is 11.6. The summed E-state index contributed by atoms with van der Waals surface area (Å²) in [5.41, 5.74) is -0.160. The lowest BCUT2D eigenvalue weighted by Crippen LogP contribution is -2.54. The number of allylic oxidation sites excluding steroid dienone is 1. The van der Waals surface area contributed by atoms with E-state index in [1.54, 1.807) is 4.90 Å². The van der Waals surface area contributed by atoms with Crippen LogP contribution < -0.4 is 5.32 Å². The van der Waals surface area contributed by atoms with Gasteiger partial charge in [0.05, 0.1) is 0 Å². The summed E-state index contributed by atoms with van der Waals surface area (Å²) in [4.78, 5) is 16.4. The molecule has 1 saturated heterocycles. The SMILES string of the molecule is CC(C)(CN1CCCC1)NC(=O)N1C=CCCC1. The number of rotatable bonds is 3. The molecule has 0 aromatic rings. The van der Waals surface area contributed by atoms with Crippen molar-refractivity contribution in [3.05, 3.63) is 12.3 Å². The van der Waals surface area contributed by atoms with Gasteiger partial charge in [-0.3, -0.25) is 0 Å². The second kappa shape index (κ2) is 5.74. The molecular weight excluding hydrogens is 226 g/mol. The number of amides is 2. The Morgan fingerprint density at radius 3 is 2.56 bits per heavy atom. The van der Waals surface area contributed by atoms with Crippen molar-refractivity contribution in [2.45, 2.75) is 45.1 Å². The molecule has 1 N–H and O–H groups in total. The van der Waals surface area contributed by atoms with Gasteiger partial charge in [0, 0.05) is 24.8 Å². The van der Waals surface area contributed by atoms with E-state index in [-0.39, 0.29) is 11.6 Å². The number of carbonyl (C=O) groups excluding carboxylic acids is 1. The standard InChI is InChI=1S/C14H25N3O/c1-14(2,12-16-8-6-7-9-16)15-13(18)17-10-4-3-5-11-17/h4,10H,3,5-9,11-12H2,1-2H3,(H,15,18). The molecule has 0 aromatic carbocycles. The Balaban J connectivity index is 1.84. The summed E-state index contributed by atoms with van der Waals surface area (Å²) in [6.07, 6.45) is 8.70. The number of hydrogen-bond donors (Lipinski definition) is 1. The van der Waals surface area contributed by atoms with Gasteiger partial charge in [-0.2, -0.15) is 0 Å². The molecule has 0 radical (unpaired) electrons. The minimum Gasteiger partial charge on any atom is -0.332 e. The molecule has 1 fully saturated rings. The highest BCUT2D eigenvalue weighted by atomic mass is 16.2. The summed E-state index contributed by atoms with van der Waals surface area (Å²) in [6.45, 7) is 8.33. The second-order valence-corrected chi connectivity index (χ2v) is 6.02. The molecule has 2 rings (SSSR count). The second-order valence-electron chi connectivity index (χ2n) is 6.02. The van der Waals surface area contributed by atoms with Crippen LogP contribution in [0.15, 0.2) is 12.3 Å². The Morgan fingerprint density at radius 2 is 1.94 bits per heavy atom. The van der Waals surface area contributed by atoms with Crippen LogP contribution in [-0.4, -0.2) is 47.5 Å². The lowest BCUT2D eigenvalue weighted by Gasteiger charge is -2.33. The van der Waals surface area contributed by atoms with E-state index in [4.69, 9.17) is 0 Å². The van der Waals surface area contributed by atoms with Crippen molar-refractivity contribution >= 4 is 6.03 Å². The molecule has 0 aliphatic carbocycles. The normalized spacial score (nSPS) is 21.3. The highest BCUT2D eigenvalue weighted by Crippen LogP contribution is 2.14. The topological polar surface area (TPSA) is 35.6 Å². The highest BCUT2D eigenvalue weighted by molar-refractivity contribution is 5.76. The zero-order chi connectivity index (χ0) is 13.0. The molecule has 4 nitrogen and oxygen atoms in total. The summed E-state index contributed by atoms with van der Waals surface area (Å²) in [5.74, 6) is 0. The number of urea groups is 1. The summed E-state index contributed by atoms with van der Waals surface area (Å²) in [7, 11) is 0. The summed E-state index contributed by atoms with van der Waals surface area (Å²) in [6, 6.07) is 0.0372. The lowest BCUT2D eigenvalue weighted by molar-refractivity contribution is 0.187. The maximum absolute atomic E-state index is 12.1. The van der Waals surface area contributed by atoms with Crippen molar-refractivity contribution in [2.24, 2.45) is 0 Å². The van der Waals surface area contributed by atoms with Crippen LogP contribution in [0.3, 0.4) is 0 Å². The minimum atomic E-state index is -0.160. The van der Waals surface area contributed by atoms with E-state index in [2.05, 4.69) is 30.1 Å². The van der Waals surface area contributed by atoms with Crippen molar-refractivity contribution in [3.8, 4) is 0 Å². The van der Waals surface area contributed by atoms with Crippen LogP contribution in [0, 0.1) is 0 Å². The molecule has 0 bridgehead atoms. The molecule has 18 heavy (non-hydrogen) atoms. The molecule has 0 aromatic heterocycles. The van der Waals surface area contributed by atoms with E-state index in [0.717, 1.165) is 25.9 Å². The van der Waals surface area contributed by atoms with E-state index in [9.17, 15) is 4.79 Å². The van der Waals surface area contributed by atoms with Gasteiger partial charge >= 0.3 is 6.03 Å². The van der Waals surface area contributed by atoms with Gasteiger partial charge in [0.25, 0.3) is 0 Å². The van der Waals surface area contributed by atoms with Crippen molar-refractivity contribution in [2.75, 3.05) is 26.2 Å². The molecular formula is C14H25N3O. The van der Waals surface area contributed by atoms with E-state index < -0.39 is 0 Å². The number of nitrogens with one attached hydrogen (secondary N) is 1. The maximum Gasteiger partial charge on any atom is 0.321 e. The molecule has 0 spiro atoms. The molecule has 2 aliphatic heterocycles. The van der Waals surface area contributed by atoms with E-state index in [1.807, 2.05) is 6.20 Å². The summed E-state index contributed by atoms with van der Waals surface area (Å²) >= 11 is 0.